The number of hydrogen-bond acceptors (Lipinski definition) is 2. The summed E-state index contributed by atoms with van der Waals surface area (Å²) >= 11 is 3.45. The Bertz CT molecular complexity index is 335. The molecule has 0 saturated heterocycles. The summed E-state index contributed by atoms with van der Waals surface area (Å²) in [4.78, 5) is 0. The van der Waals surface area contributed by atoms with Gasteiger partial charge >= 0.3 is 0 Å². The Morgan fingerprint density at radius 1 is 1.29 bits per heavy atom. The summed E-state index contributed by atoms with van der Waals surface area (Å²) in [7, 11) is 1.76. The summed E-state index contributed by atoms with van der Waals surface area (Å²) in [5.41, 5.74) is 1.26. The van der Waals surface area contributed by atoms with Crippen molar-refractivity contribution in [1.82, 2.24) is 5.32 Å². The van der Waals surface area contributed by atoms with Crippen LogP contribution in [0.25, 0.3) is 0 Å². The highest BCUT2D eigenvalue weighted by molar-refractivity contribution is 9.10. The van der Waals surface area contributed by atoms with E-state index in [1.54, 1.807) is 7.11 Å². The third-order valence-corrected chi connectivity index (χ3v) is 3.63. The Morgan fingerprint density at radius 3 is 2.41 bits per heavy atom. The van der Waals surface area contributed by atoms with Gasteiger partial charge in [-0.15, -0.1) is 0 Å². The summed E-state index contributed by atoms with van der Waals surface area (Å²) in [5, 5.41) is 3.51. The van der Waals surface area contributed by atoms with Gasteiger partial charge in [0.25, 0.3) is 0 Å². The molecule has 96 valence electrons. The Kier molecular flexibility index (Phi) is 5.63. The van der Waals surface area contributed by atoms with Crippen molar-refractivity contribution in [3.8, 4) is 0 Å². The van der Waals surface area contributed by atoms with E-state index in [9.17, 15) is 0 Å². The van der Waals surface area contributed by atoms with Gasteiger partial charge in [0.15, 0.2) is 0 Å². The van der Waals surface area contributed by atoms with Crippen molar-refractivity contribution in [2.24, 2.45) is 0 Å². The molecule has 17 heavy (non-hydrogen) atoms. The van der Waals surface area contributed by atoms with Gasteiger partial charge in [-0.05, 0) is 51.4 Å². The number of rotatable bonds is 6. The van der Waals surface area contributed by atoms with Crippen LogP contribution in [-0.4, -0.2) is 19.3 Å². The topological polar surface area (TPSA) is 21.3 Å². The summed E-state index contributed by atoms with van der Waals surface area (Å²) in [6.07, 6.45) is 1.00. The minimum atomic E-state index is -0.0492. The molecule has 1 N–H and O–H groups in total. The minimum absolute atomic E-state index is 0.0492. The molecule has 2 nitrogen and oxygen atoms in total. The largest absolute Gasteiger partial charge is 0.379 e. The van der Waals surface area contributed by atoms with Crippen molar-refractivity contribution in [2.45, 2.75) is 38.8 Å². The van der Waals surface area contributed by atoms with Crippen LogP contribution in [0.5, 0.6) is 0 Å². The Hall–Kier alpha value is -0.380. The smallest absolute Gasteiger partial charge is 0.0634 e. The quantitative estimate of drug-likeness (QED) is 0.860. The first kappa shape index (κ1) is 14.7. The average Bonchev–Trinajstić information content (AvgIpc) is 2.29. The van der Waals surface area contributed by atoms with Gasteiger partial charge in [-0.3, -0.25) is 0 Å². The van der Waals surface area contributed by atoms with E-state index in [1.165, 1.54) is 5.56 Å². The molecule has 0 aliphatic heterocycles. The van der Waals surface area contributed by atoms with Crippen LogP contribution >= 0.6 is 15.9 Å². The van der Waals surface area contributed by atoms with Crippen LogP contribution in [0.1, 0.15) is 38.8 Å². The Balaban J connectivity index is 2.40. The number of methoxy groups -OCH3 is 1. The van der Waals surface area contributed by atoms with Crippen LogP contribution in [0.15, 0.2) is 28.7 Å². The van der Waals surface area contributed by atoms with Crippen molar-refractivity contribution >= 4 is 15.9 Å². The normalized spacial score (nSPS) is 13.7. The molecule has 0 unspecified atom stereocenters. The molecule has 0 radical (unpaired) electrons. The van der Waals surface area contributed by atoms with Crippen molar-refractivity contribution in [2.75, 3.05) is 13.7 Å². The zero-order valence-electron chi connectivity index (χ0n) is 11.1. The van der Waals surface area contributed by atoms with Gasteiger partial charge < -0.3 is 10.1 Å². The molecule has 0 bridgehead atoms. The molecule has 3 heteroatoms. The maximum Gasteiger partial charge on any atom is 0.0634 e. The van der Waals surface area contributed by atoms with Gasteiger partial charge in [-0.2, -0.15) is 0 Å². The average molecular weight is 300 g/mol. The van der Waals surface area contributed by atoms with E-state index in [4.69, 9.17) is 4.74 Å². The highest BCUT2D eigenvalue weighted by Gasteiger charge is 2.16. The van der Waals surface area contributed by atoms with E-state index in [2.05, 4.69) is 66.3 Å². The van der Waals surface area contributed by atoms with Crippen molar-refractivity contribution in [1.29, 1.82) is 0 Å². The zero-order chi connectivity index (χ0) is 12.9. The number of hydrogen-bond donors (Lipinski definition) is 1. The molecule has 0 aliphatic carbocycles. The predicted octanol–water partition coefficient (Wildman–Crippen LogP) is 3.91. The lowest BCUT2D eigenvalue weighted by molar-refractivity contribution is 0.0154. The van der Waals surface area contributed by atoms with Gasteiger partial charge in [0.2, 0.25) is 0 Å². The third-order valence-electron chi connectivity index (χ3n) is 3.10. The maximum atomic E-state index is 5.39. The lowest BCUT2D eigenvalue weighted by Crippen LogP contribution is -2.30. The molecular formula is C14H22BrNO. The van der Waals surface area contributed by atoms with Gasteiger partial charge in [0, 0.05) is 17.6 Å². The number of benzene rings is 1. The van der Waals surface area contributed by atoms with E-state index in [1.807, 2.05) is 0 Å². The lowest BCUT2D eigenvalue weighted by Gasteiger charge is -2.24. The molecule has 1 aromatic rings. The van der Waals surface area contributed by atoms with E-state index in [-0.39, 0.29) is 5.60 Å². The molecule has 1 rings (SSSR count). The molecule has 0 spiro atoms. The lowest BCUT2D eigenvalue weighted by atomic mass is 10.0. The molecular weight excluding hydrogens is 278 g/mol. The van der Waals surface area contributed by atoms with E-state index >= 15 is 0 Å². The van der Waals surface area contributed by atoms with Crippen LogP contribution in [0.2, 0.25) is 0 Å². The highest BCUT2D eigenvalue weighted by atomic mass is 79.9. The van der Waals surface area contributed by atoms with Crippen molar-refractivity contribution < 1.29 is 4.74 Å². The predicted molar refractivity (Wildman–Crippen MR) is 76.3 cm³/mol. The SMILES string of the molecule is COC(C)(C)CCN[C@@H](C)c1ccc(Br)cc1. The second-order valence-electron chi connectivity index (χ2n) is 4.94. The van der Waals surface area contributed by atoms with Crippen LogP contribution in [0.4, 0.5) is 0 Å². The van der Waals surface area contributed by atoms with Crippen LogP contribution in [0, 0.1) is 0 Å². The Morgan fingerprint density at radius 2 is 1.88 bits per heavy atom. The van der Waals surface area contributed by atoms with Gasteiger partial charge in [-0.1, -0.05) is 28.1 Å². The molecule has 1 atom stereocenters. The molecule has 0 fully saturated rings. The number of ether oxygens (including phenoxy) is 1. The van der Waals surface area contributed by atoms with E-state index in [0.717, 1.165) is 17.4 Å². The monoisotopic (exact) mass is 299 g/mol. The van der Waals surface area contributed by atoms with Gasteiger partial charge in [-0.25, -0.2) is 0 Å². The second-order valence-corrected chi connectivity index (χ2v) is 5.86. The number of halogens is 1. The summed E-state index contributed by atoms with van der Waals surface area (Å²) in [6.45, 7) is 7.36. The zero-order valence-corrected chi connectivity index (χ0v) is 12.7. The fourth-order valence-corrected chi connectivity index (χ4v) is 1.83. The fraction of sp³-hybridized carbons (Fsp3) is 0.571. The first-order chi connectivity index (χ1) is 7.94. The van der Waals surface area contributed by atoms with E-state index in [0.29, 0.717) is 6.04 Å². The summed E-state index contributed by atoms with van der Waals surface area (Å²) < 4.78 is 6.51. The number of nitrogens with one attached hydrogen (secondary N) is 1. The van der Waals surface area contributed by atoms with Gasteiger partial charge in [0.05, 0.1) is 5.60 Å². The van der Waals surface area contributed by atoms with Crippen molar-refractivity contribution in [3.63, 3.8) is 0 Å². The highest BCUT2D eigenvalue weighted by Crippen LogP contribution is 2.17. The molecule has 0 aliphatic rings. The fourth-order valence-electron chi connectivity index (χ4n) is 1.56. The molecule has 0 aromatic heterocycles. The summed E-state index contributed by atoms with van der Waals surface area (Å²) in [6, 6.07) is 8.81. The minimum Gasteiger partial charge on any atom is -0.379 e. The van der Waals surface area contributed by atoms with Crippen LogP contribution in [-0.2, 0) is 4.74 Å². The summed E-state index contributed by atoms with van der Waals surface area (Å²) in [5.74, 6) is 0. The first-order valence-electron chi connectivity index (χ1n) is 5.98. The van der Waals surface area contributed by atoms with Crippen molar-refractivity contribution in [3.05, 3.63) is 34.3 Å². The molecule has 0 saturated carbocycles. The second kappa shape index (κ2) is 6.53. The first-order valence-corrected chi connectivity index (χ1v) is 6.78. The molecule has 0 amide bonds. The third kappa shape index (κ3) is 5.19. The van der Waals surface area contributed by atoms with Crippen LogP contribution < -0.4 is 5.32 Å². The maximum absolute atomic E-state index is 5.39. The Labute approximate surface area is 113 Å². The standard InChI is InChI=1S/C14H22BrNO/c1-11(12-5-7-13(15)8-6-12)16-10-9-14(2,3)17-4/h5-8,11,16H,9-10H2,1-4H3/t11-/m0/s1. The van der Waals surface area contributed by atoms with E-state index < -0.39 is 0 Å². The van der Waals surface area contributed by atoms with Crippen LogP contribution in [0.3, 0.4) is 0 Å². The van der Waals surface area contributed by atoms with Gasteiger partial charge in [0.1, 0.15) is 0 Å². The molecule has 1 aromatic carbocycles. The molecule has 0 heterocycles.